The average Bonchev–Trinajstić information content (AvgIpc) is 2.92. The van der Waals surface area contributed by atoms with Gasteiger partial charge in [0.2, 0.25) is 0 Å². The number of hydrogen-bond acceptors (Lipinski definition) is 3. The molecule has 0 unspecified atom stereocenters. The number of ether oxygens (including phenoxy) is 1. The molecule has 4 heteroatoms. The second-order valence-corrected chi connectivity index (χ2v) is 5.80. The van der Waals surface area contributed by atoms with Crippen LogP contribution in [-0.4, -0.2) is 21.3 Å². The molecule has 1 aromatic heterocycles. The molecule has 1 N–H and O–H groups in total. The molecule has 0 aliphatic carbocycles. The van der Waals surface area contributed by atoms with E-state index in [1.807, 2.05) is 24.3 Å². The number of aromatic nitrogens is 2. The Morgan fingerprint density at radius 2 is 1.96 bits per heavy atom. The van der Waals surface area contributed by atoms with E-state index in [-0.39, 0.29) is 6.61 Å². The van der Waals surface area contributed by atoms with Gasteiger partial charge < -0.3 is 14.4 Å². The number of nitrogens with zero attached hydrogens (tertiary/aromatic N) is 2. The summed E-state index contributed by atoms with van der Waals surface area (Å²) in [5.74, 6) is 1.65. The van der Waals surface area contributed by atoms with Crippen molar-refractivity contribution < 1.29 is 9.84 Å². The van der Waals surface area contributed by atoms with Crippen molar-refractivity contribution in [3.63, 3.8) is 0 Å². The summed E-state index contributed by atoms with van der Waals surface area (Å²) < 4.78 is 7.98. The van der Waals surface area contributed by atoms with Gasteiger partial charge in [-0.15, -0.1) is 0 Å². The quantitative estimate of drug-likeness (QED) is 0.707. The van der Waals surface area contributed by atoms with Crippen LogP contribution in [0, 0.1) is 13.8 Å². The third-order valence-electron chi connectivity index (χ3n) is 4.00. The van der Waals surface area contributed by atoms with Crippen molar-refractivity contribution in [2.75, 3.05) is 6.61 Å². The number of fused-ring (bicyclic) bond motifs is 1. The number of aliphatic hydroxyl groups is 1. The monoisotopic (exact) mass is 310 g/mol. The maximum atomic E-state index is 9.51. The highest BCUT2D eigenvalue weighted by Crippen LogP contribution is 2.20. The van der Waals surface area contributed by atoms with Crippen LogP contribution in [0.3, 0.4) is 0 Å². The summed E-state index contributed by atoms with van der Waals surface area (Å²) in [5.41, 5.74) is 4.34. The van der Waals surface area contributed by atoms with E-state index in [1.54, 1.807) is 0 Å². The van der Waals surface area contributed by atoms with Gasteiger partial charge in [-0.3, -0.25) is 0 Å². The first-order chi connectivity index (χ1) is 11.2. The summed E-state index contributed by atoms with van der Waals surface area (Å²) in [6.45, 7) is 5.49. The van der Waals surface area contributed by atoms with Crippen LogP contribution < -0.4 is 4.74 Å². The minimum Gasteiger partial charge on any atom is -0.493 e. The molecule has 0 saturated heterocycles. The summed E-state index contributed by atoms with van der Waals surface area (Å²) in [6, 6.07) is 14.2. The van der Waals surface area contributed by atoms with Gasteiger partial charge in [0.1, 0.15) is 18.2 Å². The number of hydrogen-bond donors (Lipinski definition) is 1. The number of rotatable bonds is 6. The molecule has 0 atom stereocenters. The Morgan fingerprint density at radius 3 is 2.78 bits per heavy atom. The van der Waals surface area contributed by atoms with Crippen molar-refractivity contribution in [2.45, 2.75) is 33.4 Å². The Balaban J connectivity index is 1.66. The van der Waals surface area contributed by atoms with Gasteiger partial charge in [-0.2, -0.15) is 0 Å². The van der Waals surface area contributed by atoms with Gasteiger partial charge in [-0.05, 0) is 49.6 Å². The predicted octanol–water partition coefficient (Wildman–Crippen LogP) is 3.61. The van der Waals surface area contributed by atoms with Crippen LogP contribution in [0.25, 0.3) is 11.0 Å². The molecule has 0 saturated carbocycles. The van der Waals surface area contributed by atoms with E-state index < -0.39 is 0 Å². The summed E-state index contributed by atoms with van der Waals surface area (Å²) in [4.78, 5) is 4.47. The highest BCUT2D eigenvalue weighted by molar-refractivity contribution is 5.75. The molecule has 0 spiro atoms. The van der Waals surface area contributed by atoms with Crippen LogP contribution in [-0.2, 0) is 13.2 Å². The lowest BCUT2D eigenvalue weighted by Crippen LogP contribution is -2.08. The van der Waals surface area contributed by atoms with Crippen molar-refractivity contribution in [1.29, 1.82) is 0 Å². The lowest BCUT2D eigenvalue weighted by atomic mass is 10.1. The highest BCUT2D eigenvalue weighted by Gasteiger charge is 2.09. The Morgan fingerprint density at radius 1 is 1.13 bits per heavy atom. The zero-order valence-corrected chi connectivity index (χ0v) is 13.6. The molecule has 2 aromatic carbocycles. The van der Waals surface area contributed by atoms with E-state index in [0.717, 1.165) is 35.3 Å². The van der Waals surface area contributed by atoms with Crippen molar-refractivity contribution in [2.24, 2.45) is 0 Å². The molecule has 3 rings (SSSR count). The van der Waals surface area contributed by atoms with Gasteiger partial charge in [0, 0.05) is 6.54 Å². The molecule has 0 radical (unpaired) electrons. The van der Waals surface area contributed by atoms with Crippen LogP contribution in [0.4, 0.5) is 0 Å². The lowest BCUT2D eigenvalue weighted by Gasteiger charge is -2.11. The SMILES string of the molecule is Cc1ccc(C)c(OCCCn2c(CO)nc3ccccc32)c1. The topological polar surface area (TPSA) is 47.3 Å². The van der Waals surface area contributed by atoms with Crippen molar-refractivity contribution in [3.05, 3.63) is 59.4 Å². The standard InChI is InChI=1S/C19H22N2O2/c1-14-8-9-15(2)18(12-14)23-11-5-10-21-17-7-4-3-6-16(17)20-19(21)13-22/h3-4,6-9,12,22H,5,10-11,13H2,1-2H3. The van der Waals surface area contributed by atoms with Crippen LogP contribution >= 0.6 is 0 Å². The minimum atomic E-state index is -0.0491. The fourth-order valence-corrected chi connectivity index (χ4v) is 2.76. The van der Waals surface area contributed by atoms with E-state index in [9.17, 15) is 5.11 Å². The normalized spacial score (nSPS) is 11.1. The third-order valence-corrected chi connectivity index (χ3v) is 4.00. The Labute approximate surface area is 136 Å². The summed E-state index contributed by atoms with van der Waals surface area (Å²) in [6.07, 6.45) is 0.862. The molecule has 0 aliphatic rings. The fourth-order valence-electron chi connectivity index (χ4n) is 2.76. The second kappa shape index (κ2) is 6.84. The number of para-hydroxylation sites is 2. The Hall–Kier alpha value is -2.33. The van der Waals surface area contributed by atoms with Crippen LogP contribution in [0.2, 0.25) is 0 Å². The molecule has 23 heavy (non-hydrogen) atoms. The number of aliphatic hydroxyl groups excluding tert-OH is 1. The maximum absolute atomic E-state index is 9.51. The highest BCUT2D eigenvalue weighted by atomic mass is 16.5. The molecule has 0 fully saturated rings. The number of benzene rings is 2. The Bertz CT molecular complexity index is 808. The molecule has 3 aromatic rings. The van der Waals surface area contributed by atoms with Gasteiger partial charge in [0.05, 0.1) is 17.6 Å². The zero-order chi connectivity index (χ0) is 16.2. The molecular formula is C19H22N2O2. The van der Waals surface area contributed by atoms with E-state index in [2.05, 4.69) is 41.6 Å². The molecule has 120 valence electrons. The summed E-state index contributed by atoms with van der Waals surface area (Å²) in [7, 11) is 0. The summed E-state index contributed by atoms with van der Waals surface area (Å²) in [5, 5.41) is 9.51. The predicted molar refractivity (Wildman–Crippen MR) is 91.7 cm³/mol. The van der Waals surface area contributed by atoms with Crippen LogP contribution in [0.15, 0.2) is 42.5 Å². The van der Waals surface area contributed by atoms with Crippen LogP contribution in [0.5, 0.6) is 5.75 Å². The van der Waals surface area contributed by atoms with E-state index in [0.29, 0.717) is 12.4 Å². The van der Waals surface area contributed by atoms with Gasteiger partial charge in [-0.1, -0.05) is 24.3 Å². The van der Waals surface area contributed by atoms with E-state index in [1.165, 1.54) is 5.56 Å². The lowest BCUT2D eigenvalue weighted by molar-refractivity contribution is 0.261. The fraction of sp³-hybridized carbons (Fsp3) is 0.316. The van der Waals surface area contributed by atoms with Crippen molar-refractivity contribution >= 4 is 11.0 Å². The van der Waals surface area contributed by atoms with E-state index in [4.69, 9.17) is 4.74 Å². The van der Waals surface area contributed by atoms with E-state index >= 15 is 0 Å². The first kappa shape index (κ1) is 15.6. The Kier molecular flexibility index (Phi) is 4.63. The van der Waals surface area contributed by atoms with Gasteiger partial charge in [0.15, 0.2) is 0 Å². The maximum Gasteiger partial charge on any atom is 0.135 e. The summed E-state index contributed by atoms with van der Waals surface area (Å²) >= 11 is 0. The largest absolute Gasteiger partial charge is 0.493 e. The molecule has 0 bridgehead atoms. The molecule has 0 amide bonds. The zero-order valence-electron chi connectivity index (χ0n) is 13.6. The first-order valence-corrected chi connectivity index (χ1v) is 7.94. The second-order valence-electron chi connectivity index (χ2n) is 5.80. The molecule has 4 nitrogen and oxygen atoms in total. The van der Waals surface area contributed by atoms with Gasteiger partial charge >= 0.3 is 0 Å². The molecular weight excluding hydrogens is 288 g/mol. The number of aryl methyl sites for hydroxylation is 3. The molecule has 1 heterocycles. The number of imidazole rings is 1. The van der Waals surface area contributed by atoms with Gasteiger partial charge in [0.25, 0.3) is 0 Å². The third kappa shape index (κ3) is 3.37. The van der Waals surface area contributed by atoms with Crippen molar-refractivity contribution in [3.8, 4) is 5.75 Å². The van der Waals surface area contributed by atoms with Gasteiger partial charge in [-0.25, -0.2) is 4.98 Å². The average molecular weight is 310 g/mol. The minimum absolute atomic E-state index is 0.0491. The van der Waals surface area contributed by atoms with Crippen molar-refractivity contribution in [1.82, 2.24) is 9.55 Å². The smallest absolute Gasteiger partial charge is 0.135 e. The van der Waals surface area contributed by atoms with Crippen LogP contribution in [0.1, 0.15) is 23.4 Å². The first-order valence-electron chi connectivity index (χ1n) is 7.94. The molecule has 0 aliphatic heterocycles.